The average molecular weight is 329 g/mol. The number of hydrogen-bond donors (Lipinski definition) is 2. The van der Waals surface area contributed by atoms with Crippen LogP contribution in [0.5, 0.6) is 0 Å². The number of alkyl carbamates (subject to hydrolysis) is 1. The van der Waals surface area contributed by atoms with E-state index in [4.69, 9.17) is 4.74 Å². The van der Waals surface area contributed by atoms with Gasteiger partial charge in [-0.1, -0.05) is 22.0 Å². The minimum atomic E-state index is -0.460. The van der Waals surface area contributed by atoms with Gasteiger partial charge in [0.15, 0.2) is 0 Å². The minimum Gasteiger partial charge on any atom is -0.444 e. The number of ether oxygens (including phenoxy) is 1. The molecule has 0 aliphatic heterocycles. The van der Waals surface area contributed by atoms with E-state index in [0.717, 1.165) is 10.2 Å². The average Bonchev–Trinajstić information content (AvgIpc) is 2.26. The molecule has 0 aliphatic carbocycles. The summed E-state index contributed by atoms with van der Waals surface area (Å²) in [5.74, 6) is 0. The summed E-state index contributed by atoms with van der Waals surface area (Å²) in [5, 5.41) is 5.98. The number of carbonyl (C=O) groups is 1. The second kappa shape index (κ2) is 6.80. The lowest BCUT2D eigenvalue weighted by atomic mass is 10.2. The number of nitrogens with one attached hydrogen (secondary N) is 2. The van der Waals surface area contributed by atoms with Crippen LogP contribution in [0.4, 0.5) is 10.5 Å². The lowest BCUT2D eigenvalue weighted by molar-refractivity contribution is 0.0530. The second-order valence-corrected chi connectivity index (χ2v) is 6.23. The first-order chi connectivity index (χ1) is 8.78. The summed E-state index contributed by atoms with van der Waals surface area (Å²) in [4.78, 5) is 11.4. The smallest absolute Gasteiger partial charge is 0.407 e. The third-order valence-corrected chi connectivity index (χ3v) is 2.80. The van der Waals surface area contributed by atoms with E-state index >= 15 is 0 Å². The zero-order valence-corrected chi connectivity index (χ0v) is 13.4. The minimum absolute atomic E-state index is 0.389. The maximum atomic E-state index is 11.4. The van der Waals surface area contributed by atoms with Gasteiger partial charge < -0.3 is 15.4 Å². The van der Waals surface area contributed by atoms with Crippen molar-refractivity contribution in [2.75, 3.05) is 18.4 Å². The van der Waals surface area contributed by atoms with E-state index in [1.54, 1.807) is 0 Å². The van der Waals surface area contributed by atoms with Crippen LogP contribution in [0.25, 0.3) is 0 Å². The molecule has 1 aromatic carbocycles. The first-order valence-electron chi connectivity index (χ1n) is 6.25. The molecule has 0 unspecified atom stereocenters. The molecule has 0 fully saturated rings. The number of rotatable bonds is 4. The normalized spacial score (nSPS) is 11.0. The molecule has 0 saturated heterocycles. The third-order valence-electron chi connectivity index (χ3n) is 2.31. The Bertz CT molecular complexity index is 442. The maximum Gasteiger partial charge on any atom is 0.407 e. The molecule has 2 N–H and O–H groups in total. The Morgan fingerprint density at radius 3 is 2.63 bits per heavy atom. The predicted octanol–water partition coefficient (Wildman–Crippen LogP) is 3.69. The van der Waals surface area contributed by atoms with Crippen molar-refractivity contribution < 1.29 is 9.53 Å². The number of benzene rings is 1. The highest BCUT2D eigenvalue weighted by Crippen LogP contribution is 2.20. The highest BCUT2D eigenvalue weighted by Gasteiger charge is 2.15. The van der Waals surface area contributed by atoms with Crippen LogP contribution >= 0.6 is 15.9 Å². The van der Waals surface area contributed by atoms with Crippen LogP contribution in [-0.4, -0.2) is 24.8 Å². The first-order valence-corrected chi connectivity index (χ1v) is 7.04. The molecule has 1 aromatic rings. The van der Waals surface area contributed by atoms with Crippen LogP contribution < -0.4 is 10.6 Å². The largest absolute Gasteiger partial charge is 0.444 e. The molecule has 0 heterocycles. The van der Waals surface area contributed by atoms with E-state index in [0.29, 0.717) is 13.1 Å². The Kier molecular flexibility index (Phi) is 5.66. The molecule has 0 spiro atoms. The molecule has 0 saturated carbocycles. The molecule has 0 bridgehead atoms. The predicted molar refractivity (Wildman–Crippen MR) is 81.6 cm³/mol. The topological polar surface area (TPSA) is 50.4 Å². The molecule has 1 amide bonds. The van der Waals surface area contributed by atoms with Crippen LogP contribution in [0.1, 0.15) is 26.3 Å². The molecule has 5 heteroatoms. The quantitative estimate of drug-likeness (QED) is 0.828. The Morgan fingerprint density at radius 2 is 2.00 bits per heavy atom. The third kappa shape index (κ3) is 6.47. The van der Waals surface area contributed by atoms with Crippen LogP contribution in [0.3, 0.4) is 0 Å². The maximum absolute atomic E-state index is 11.4. The van der Waals surface area contributed by atoms with Gasteiger partial charge in [-0.15, -0.1) is 0 Å². The number of anilines is 1. The first kappa shape index (κ1) is 15.8. The van der Waals surface area contributed by atoms with Gasteiger partial charge in [-0.05, 0) is 45.4 Å². The van der Waals surface area contributed by atoms with Crippen molar-refractivity contribution in [1.29, 1.82) is 0 Å². The number of aryl methyl sites for hydroxylation is 1. The Labute approximate surface area is 123 Å². The Balaban J connectivity index is 2.31. The molecule has 106 valence electrons. The zero-order valence-electron chi connectivity index (χ0n) is 11.8. The highest BCUT2D eigenvalue weighted by molar-refractivity contribution is 9.10. The van der Waals surface area contributed by atoms with E-state index in [9.17, 15) is 4.79 Å². The van der Waals surface area contributed by atoms with Gasteiger partial charge in [-0.3, -0.25) is 0 Å². The number of halogens is 1. The molecule has 0 aliphatic rings. The highest BCUT2D eigenvalue weighted by atomic mass is 79.9. The molecular formula is C14H21BrN2O2. The Hall–Kier alpha value is -1.23. The van der Waals surface area contributed by atoms with Crippen molar-refractivity contribution in [3.63, 3.8) is 0 Å². The Morgan fingerprint density at radius 1 is 1.32 bits per heavy atom. The number of hydrogen-bond acceptors (Lipinski definition) is 3. The van der Waals surface area contributed by atoms with Gasteiger partial charge in [-0.2, -0.15) is 0 Å². The molecule has 0 radical (unpaired) electrons. The van der Waals surface area contributed by atoms with Crippen LogP contribution in [0, 0.1) is 6.92 Å². The molecule has 19 heavy (non-hydrogen) atoms. The second-order valence-electron chi connectivity index (χ2n) is 5.31. The molecule has 4 nitrogen and oxygen atoms in total. The van der Waals surface area contributed by atoms with Gasteiger partial charge in [0, 0.05) is 23.2 Å². The fourth-order valence-corrected chi connectivity index (χ4v) is 1.82. The standard InChI is InChI=1S/C14H21BrN2O2/c1-10-5-6-11(15)9-12(10)16-7-8-17-13(18)19-14(2,3)4/h5-6,9,16H,7-8H2,1-4H3,(H,17,18). The number of carbonyl (C=O) groups excluding carboxylic acids is 1. The van der Waals surface area contributed by atoms with Crippen molar-refractivity contribution in [2.24, 2.45) is 0 Å². The summed E-state index contributed by atoms with van der Waals surface area (Å²) in [6, 6.07) is 6.05. The van der Waals surface area contributed by atoms with Crippen molar-refractivity contribution in [2.45, 2.75) is 33.3 Å². The van der Waals surface area contributed by atoms with Crippen molar-refractivity contribution in [1.82, 2.24) is 5.32 Å². The van der Waals surface area contributed by atoms with E-state index in [-0.39, 0.29) is 6.09 Å². The van der Waals surface area contributed by atoms with E-state index < -0.39 is 5.60 Å². The fraction of sp³-hybridized carbons (Fsp3) is 0.500. The van der Waals surface area contributed by atoms with Crippen molar-refractivity contribution >= 4 is 27.7 Å². The molecule has 0 aromatic heterocycles. The summed E-state index contributed by atoms with van der Waals surface area (Å²) < 4.78 is 6.18. The molecule has 1 rings (SSSR count). The molecular weight excluding hydrogens is 308 g/mol. The fourth-order valence-electron chi connectivity index (χ4n) is 1.46. The SMILES string of the molecule is Cc1ccc(Br)cc1NCCNC(=O)OC(C)(C)C. The summed E-state index contributed by atoms with van der Waals surface area (Å²) in [7, 11) is 0. The van der Waals surface area contributed by atoms with Crippen LogP contribution in [-0.2, 0) is 4.74 Å². The van der Waals surface area contributed by atoms with Gasteiger partial charge in [0.2, 0.25) is 0 Å². The van der Waals surface area contributed by atoms with Gasteiger partial charge in [0.25, 0.3) is 0 Å². The number of amides is 1. The van der Waals surface area contributed by atoms with E-state index in [1.807, 2.05) is 45.9 Å². The zero-order chi connectivity index (χ0) is 14.5. The van der Waals surface area contributed by atoms with Crippen molar-refractivity contribution in [3.8, 4) is 0 Å². The lowest BCUT2D eigenvalue weighted by Crippen LogP contribution is -2.35. The lowest BCUT2D eigenvalue weighted by Gasteiger charge is -2.19. The van der Waals surface area contributed by atoms with Crippen LogP contribution in [0.2, 0.25) is 0 Å². The summed E-state index contributed by atoms with van der Waals surface area (Å²) in [6.07, 6.45) is -0.389. The monoisotopic (exact) mass is 328 g/mol. The van der Waals surface area contributed by atoms with Crippen molar-refractivity contribution in [3.05, 3.63) is 28.2 Å². The van der Waals surface area contributed by atoms with Crippen LogP contribution in [0.15, 0.2) is 22.7 Å². The summed E-state index contributed by atoms with van der Waals surface area (Å²) in [5.41, 5.74) is 1.76. The van der Waals surface area contributed by atoms with Gasteiger partial charge in [0.05, 0.1) is 0 Å². The summed E-state index contributed by atoms with van der Waals surface area (Å²) >= 11 is 3.43. The summed E-state index contributed by atoms with van der Waals surface area (Å²) in [6.45, 7) is 8.73. The van der Waals surface area contributed by atoms with Gasteiger partial charge in [-0.25, -0.2) is 4.79 Å². The van der Waals surface area contributed by atoms with Gasteiger partial charge in [0.1, 0.15) is 5.60 Å². The molecule has 0 atom stereocenters. The van der Waals surface area contributed by atoms with E-state index in [1.165, 1.54) is 5.56 Å². The van der Waals surface area contributed by atoms with E-state index in [2.05, 4.69) is 26.6 Å². The van der Waals surface area contributed by atoms with Gasteiger partial charge >= 0.3 is 6.09 Å².